The molecule has 270 valence electrons. The van der Waals surface area contributed by atoms with E-state index in [4.69, 9.17) is 27.9 Å². The van der Waals surface area contributed by atoms with Gasteiger partial charge in [0.1, 0.15) is 5.69 Å². The Kier molecular flexibility index (Phi) is 8.57. The van der Waals surface area contributed by atoms with Crippen LogP contribution in [0.5, 0.6) is 11.5 Å². The van der Waals surface area contributed by atoms with Gasteiger partial charge in [0.05, 0.1) is 29.1 Å². The number of hydrogen-bond donors (Lipinski definition) is 3. The number of carbonyl (C=O) groups is 4. The van der Waals surface area contributed by atoms with Gasteiger partial charge < -0.3 is 19.9 Å². The number of ether oxygens (including phenoxy) is 1. The average molecular weight is 830 g/mol. The first-order valence-corrected chi connectivity index (χ1v) is 16.9. The van der Waals surface area contributed by atoms with Crippen molar-refractivity contribution in [3.63, 3.8) is 0 Å². The minimum absolute atomic E-state index is 0.00648. The molecule has 7 rings (SSSR count). The maximum absolute atomic E-state index is 15.3. The molecule has 3 aromatic carbocycles. The maximum Gasteiger partial charge on any atom is 0.488 e. The van der Waals surface area contributed by atoms with E-state index >= 15 is 8.78 Å². The lowest BCUT2D eigenvalue weighted by Gasteiger charge is -2.50. The Balaban J connectivity index is 1.44. The number of aromatic hydroxyl groups is 1. The molecule has 0 bridgehead atoms. The molecule has 2 aliphatic heterocycles. The van der Waals surface area contributed by atoms with Crippen molar-refractivity contribution in [2.24, 2.45) is 17.8 Å². The molecule has 52 heavy (non-hydrogen) atoms. The van der Waals surface area contributed by atoms with Crippen LogP contribution in [0, 0.1) is 46.8 Å². The minimum atomic E-state index is -2.78. The van der Waals surface area contributed by atoms with Crippen molar-refractivity contribution in [2.75, 3.05) is 16.9 Å². The molecule has 1 saturated carbocycles. The Labute approximate surface area is 308 Å². The number of rotatable bonds is 5. The van der Waals surface area contributed by atoms with Crippen molar-refractivity contribution in [3.8, 4) is 11.5 Å². The molecule has 3 aromatic rings. The SMILES string of the molecule is COc1cc(C2C3=CCC4C(=O)N(c5cccc(B(O)O)c5)C(=O)C4C3CC3(Cl)C(=O)N(c4c(F)c(F)c(F)c(F)c4F)C(=O)C23Cl)cc(Br)c1O. The van der Waals surface area contributed by atoms with Crippen LogP contribution in [-0.4, -0.2) is 62.8 Å². The number of fused-ring (bicyclic) bond motifs is 4. The number of phenols is 1. The molecule has 19 heteroatoms. The lowest BCUT2D eigenvalue weighted by atomic mass is 9.56. The van der Waals surface area contributed by atoms with Gasteiger partial charge in [-0.25, -0.2) is 26.9 Å². The third-order valence-corrected chi connectivity index (χ3v) is 12.3. The van der Waals surface area contributed by atoms with E-state index in [1.807, 2.05) is 0 Å². The highest BCUT2D eigenvalue weighted by Crippen LogP contribution is 2.66. The summed E-state index contributed by atoms with van der Waals surface area (Å²) >= 11 is 17.4. The van der Waals surface area contributed by atoms with E-state index in [9.17, 15) is 47.5 Å². The van der Waals surface area contributed by atoms with Crippen molar-refractivity contribution in [3.05, 3.63) is 87.2 Å². The number of methoxy groups -OCH3 is 1. The second kappa shape index (κ2) is 12.3. The number of anilines is 2. The molecule has 6 unspecified atom stereocenters. The molecule has 0 spiro atoms. The van der Waals surface area contributed by atoms with Crippen LogP contribution >= 0.6 is 39.1 Å². The topological polar surface area (TPSA) is 145 Å². The Morgan fingerprint density at radius 1 is 0.885 bits per heavy atom. The van der Waals surface area contributed by atoms with Gasteiger partial charge in [0.25, 0.3) is 11.8 Å². The van der Waals surface area contributed by atoms with Gasteiger partial charge in [-0.2, -0.15) is 0 Å². The average Bonchev–Trinajstić information content (AvgIpc) is 3.45. The minimum Gasteiger partial charge on any atom is -0.503 e. The van der Waals surface area contributed by atoms with Crippen molar-refractivity contribution < 1.29 is 61.0 Å². The summed E-state index contributed by atoms with van der Waals surface area (Å²) in [6.45, 7) is 0. The lowest BCUT2D eigenvalue weighted by molar-refractivity contribution is -0.125. The predicted octanol–water partition coefficient (Wildman–Crippen LogP) is 4.31. The van der Waals surface area contributed by atoms with Crippen LogP contribution in [0.4, 0.5) is 33.3 Å². The summed E-state index contributed by atoms with van der Waals surface area (Å²) in [6, 6.07) is 7.82. The summed E-state index contributed by atoms with van der Waals surface area (Å²) in [5.74, 6) is -23.0. The van der Waals surface area contributed by atoms with E-state index in [1.165, 1.54) is 49.6 Å². The molecular weight excluding hydrogens is 809 g/mol. The van der Waals surface area contributed by atoms with Crippen LogP contribution in [0.1, 0.15) is 24.3 Å². The van der Waals surface area contributed by atoms with E-state index < -0.39 is 111 Å². The number of hydrogen-bond acceptors (Lipinski definition) is 8. The normalized spacial score (nSPS) is 28.2. The van der Waals surface area contributed by atoms with E-state index in [2.05, 4.69) is 15.9 Å². The number of carbonyl (C=O) groups excluding carboxylic acids is 4. The van der Waals surface area contributed by atoms with Crippen LogP contribution < -0.4 is 20.0 Å². The molecule has 10 nitrogen and oxygen atoms in total. The fourth-order valence-corrected chi connectivity index (χ4v) is 9.33. The smallest absolute Gasteiger partial charge is 0.488 e. The molecule has 6 atom stereocenters. The Morgan fingerprint density at radius 2 is 1.52 bits per heavy atom. The Hall–Kier alpha value is -4.03. The van der Waals surface area contributed by atoms with Crippen LogP contribution in [-0.2, 0) is 19.2 Å². The summed E-state index contributed by atoms with van der Waals surface area (Å²) in [5, 5.41) is 30.0. The van der Waals surface area contributed by atoms with Crippen LogP contribution in [0.2, 0.25) is 0 Å². The number of phenolic OH excluding ortho intramolecular Hbond substituents is 1. The standard InChI is InChI=1S/C33H21BBrCl2F5N2O8/c1-52-18-8-11(7-17(35)27(18)45)20-14-5-6-15-19(29(47)43(28(15)46)13-4-2-3-12(9-13)34(50)51)16(14)10-32(36)30(48)44(31(49)33(20,32)37)26-24(41)22(39)21(38)23(40)25(26)42/h2-5,7-9,15-16,19-20,45,50-51H,6,10H2,1H3. The first kappa shape index (κ1) is 36.3. The van der Waals surface area contributed by atoms with E-state index in [-0.39, 0.29) is 43.8 Å². The summed E-state index contributed by atoms with van der Waals surface area (Å²) in [6.07, 6.45) is 0.654. The zero-order valence-electron chi connectivity index (χ0n) is 26.1. The molecule has 4 aliphatic rings. The molecule has 2 heterocycles. The number of allylic oxidation sites excluding steroid dienone is 2. The van der Waals surface area contributed by atoms with E-state index in [0.717, 1.165) is 4.90 Å². The van der Waals surface area contributed by atoms with Crippen molar-refractivity contribution in [1.29, 1.82) is 0 Å². The van der Waals surface area contributed by atoms with E-state index in [1.54, 1.807) is 0 Å². The zero-order valence-corrected chi connectivity index (χ0v) is 29.2. The molecule has 0 aromatic heterocycles. The number of amides is 4. The second-order valence-electron chi connectivity index (χ2n) is 12.7. The molecule has 4 amide bonds. The van der Waals surface area contributed by atoms with Crippen LogP contribution in [0.25, 0.3) is 0 Å². The van der Waals surface area contributed by atoms with Crippen molar-refractivity contribution >= 4 is 86.7 Å². The molecule has 3 N–H and O–H groups in total. The third kappa shape index (κ3) is 4.68. The lowest BCUT2D eigenvalue weighted by Crippen LogP contribution is -2.60. The van der Waals surface area contributed by atoms with Gasteiger partial charge in [-0.1, -0.05) is 23.8 Å². The summed E-state index contributed by atoms with van der Waals surface area (Å²) in [7, 11) is -0.748. The van der Waals surface area contributed by atoms with Crippen molar-refractivity contribution in [2.45, 2.75) is 28.5 Å². The number of alkyl halides is 2. The molecule has 2 aliphatic carbocycles. The van der Waals surface area contributed by atoms with Crippen LogP contribution in [0.3, 0.4) is 0 Å². The Morgan fingerprint density at radius 3 is 2.13 bits per heavy atom. The summed E-state index contributed by atoms with van der Waals surface area (Å²) in [4.78, 5) is 51.9. The first-order chi connectivity index (χ1) is 24.4. The highest BCUT2D eigenvalue weighted by Gasteiger charge is 2.77. The predicted molar refractivity (Wildman–Crippen MR) is 178 cm³/mol. The van der Waals surface area contributed by atoms with Crippen LogP contribution in [0.15, 0.2) is 52.5 Å². The third-order valence-electron chi connectivity index (χ3n) is 10.3. The van der Waals surface area contributed by atoms with Gasteiger partial charge in [-0.3, -0.25) is 24.1 Å². The van der Waals surface area contributed by atoms with Gasteiger partial charge >= 0.3 is 7.12 Å². The molecular formula is C33H21BBrCl2F5N2O8. The monoisotopic (exact) mass is 828 g/mol. The van der Waals surface area contributed by atoms with Gasteiger partial charge in [-0.15, -0.1) is 23.2 Å². The highest BCUT2D eigenvalue weighted by atomic mass is 79.9. The molecule has 0 radical (unpaired) electrons. The fraction of sp³-hybridized carbons (Fsp3) is 0.273. The highest BCUT2D eigenvalue weighted by molar-refractivity contribution is 9.10. The largest absolute Gasteiger partial charge is 0.503 e. The Bertz CT molecular complexity index is 2170. The second-order valence-corrected chi connectivity index (χ2v) is 14.8. The summed E-state index contributed by atoms with van der Waals surface area (Å²) in [5.41, 5.74) is -1.77. The van der Waals surface area contributed by atoms with E-state index in [0.29, 0.717) is 0 Å². The maximum atomic E-state index is 15.3. The number of nitrogens with zero attached hydrogens (tertiary/aromatic N) is 2. The zero-order chi connectivity index (χ0) is 37.9. The number of halogens is 8. The van der Waals surface area contributed by atoms with Gasteiger partial charge in [0, 0.05) is 5.92 Å². The van der Waals surface area contributed by atoms with Gasteiger partial charge in [0.2, 0.25) is 17.6 Å². The van der Waals surface area contributed by atoms with Crippen molar-refractivity contribution in [1.82, 2.24) is 0 Å². The summed E-state index contributed by atoms with van der Waals surface area (Å²) < 4.78 is 78.7. The number of imide groups is 2. The molecule has 2 saturated heterocycles. The van der Waals surface area contributed by atoms with Gasteiger partial charge in [0.15, 0.2) is 44.5 Å². The molecule has 3 fully saturated rings. The van der Waals surface area contributed by atoms with Gasteiger partial charge in [-0.05, 0) is 70.0 Å². The first-order valence-electron chi connectivity index (χ1n) is 15.3. The quantitative estimate of drug-likeness (QED) is 0.0658. The fourth-order valence-electron chi connectivity index (χ4n) is 7.94. The number of benzene rings is 3.